The predicted octanol–water partition coefficient (Wildman–Crippen LogP) is 4.11. The summed E-state index contributed by atoms with van der Waals surface area (Å²) in [5.74, 6) is 8.27. The molecule has 6 aromatic rings. The molecule has 3 heterocycles. The van der Waals surface area contributed by atoms with Crippen molar-refractivity contribution in [2.45, 2.75) is 20.8 Å². The van der Waals surface area contributed by atoms with Crippen LogP contribution in [0, 0.1) is 20.8 Å². The summed E-state index contributed by atoms with van der Waals surface area (Å²) in [5, 5.41) is 12.6. The lowest BCUT2D eigenvalue weighted by molar-refractivity contribution is 0.0955. The number of fused-ring (bicyclic) bond motifs is 4. The number of carbonyl (C=O) groups excluding carboxylic acids is 2. The number of hydrogen-bond donors (Lipinski definition) is 4. The van der Waals surface area contributed by atoms with Gasteiger partial charge in [-0.25, -0.2) is 19.4 Å². The van der Waals surface area contributed by atoms with E-state index in [9.17, 15) is 9.59 Å². The Kier molecular flexibility index (Phi) is 6.81. The van der Waals surface area contributed by atoms with E-state index in [1.54, 1.807) is 17.9 Å². The van der Waals surface area contributed by atoms with E-state index < -0.39 is 6.03 Å². The zero-order chi connectivity index (χ0) is 30.4. The molecule has 0 aliphatic heterocycles. The molecule has 0 saturated heterocycles. The first kappa shape index (κ1) is 27.5. The van der Waals surface area contributed by atoms with Crippen molar-refractivity contribution in [1.82, 2.24) is 30.4 Å². The van der Waals surface area contributed by atoms with Gasteiger partial charge >= 0.3 is 6.03 Å². The Bertz CT molecular complexity index is 2060. The summed E-state index contributed by atoms with van der Waals surface area (Å²) in [6, 6.07) is 14.6. The monoisotopic (exact) mass is 578 g/mol. The second-order valence-corrected chi connectivity index (χ2v) is 10.2. The number of nitrogens with two attached hydrogens (primary N) is 2. The molecule has 3 aromatic carbocycles. The number of methoxy groups -OCH3 is 1. The summed E-state index contributed by atoms with van der Waals surface area (Å²) in [5.41, 5.74) is 10.8. The molecule has 218 valence electrons. The van der Waals surface area contributed by atoms with Gasteiger partial charge in [0.1, 0.15) is 17.3 Å². The van der Waals surface area contributed by atoms with Crippen LogP contribution in [0.15, 0.2) is 53.1 Å². The van der Waals surface area contributed by atoms with Gasteiger partial charge in [-0.15, -0.1) is 0 Å². The van der Waals surface area contributed by atoms with Crippen LogP contribution in [-0.2, 0) is 0 Å². The van der Waals surface area contributed by atoms with Gasteiger partial charge in [-0.1, -0.05) is 35.5 Å². The fourth-order valence-corrected chi connectivity index (χ4v) is 5.65. The lowest BCUT2D eigenvalue weighted by Crippen LogP contribution is -2.37. The van der Waals surface area contributed by atoms with Gasteiger partial charge in [0.25, 0.3) is 5.91 Å². The van der Waals surface area contributed by atoms with Crippen LogP contribution in [0.5, 0.6) is 5.75 Å². The topological polar surface area (TPSA) is 176 Å². The molecule has 0 radical (unpaired) electrons. The number of rotatable bonds is 7. The van der Waals surface area contributed by atoms with Crippen LogP contribution in [0.2, 0.25) is 0 Å². The molecular weight excluding hydrogens is 548 g/mol. The highest BCUT2D eigenvalue weighted by Crippen LogP contribution is 2.43. The first-order valence-corrected chi connectivity index (χ1v) is 13.6. The van der Waals surface area contributed by atoms with Gasteiger partial charge in [-0.3, -0.25) is 4.79 Å². The number of ether oxygens (including phenoxy) is 1. The molecule has 12 heteroatoms. The number of benzene rings is 3. The maximum atomic E-state index is 13.1. The van der Waals surface area contributed by atoms with E-state index in [0.29, 0.717) is 34.2 Å². The van der Waals surface area contributed by atoms with E-state index in [2.05, 4.69) is 15.8 Å². The lowest BCUT2D eigenvalue weighted by Gasteiger charge is -2.13. The quantitative estimate of drug-likeness (QED) is 0.162. The number of hydrogen-bond acceptors (Lipinski definition) is 8. The van der Waals surface area contributed by atoms with E-state index >= 15 is 0 Å². The fourth-order valence-electron chi connectivity index (χ4n) is 5.65. The minimum absolute atomic E-state index is 0.222. The van der Waals surface area contributed by atoms with Crippen LogP contribution in [-0.4, -0.2) is 51.9 Å². The minimum atomic E-state index is -0.646. The molecule has 6 rings (SSSR count). The van der Waals surface area contributed by atoms with Gasteiger partial charge in [0.2, 0.25) is 0 Å². The Labute approximate surface area is 246 Å². The molecular formula is C31H30N8O4. The first-order valence-electron chi connectivity index (χ1n) is 13.6. The van der Waals surface area contributed by atoms with E-state index in [1.807, 2.05) is 63.2 Å². The Morgan fingerprint density at radius 1 is 0.953 bits per heavy atom. The molecule has 0 aliphatic carbocycles. The second kappa shape index (κ2) is 10.6. The smallest absolute Gasteiger partial charge is 0.312 e. The van der Waals surface area contributed by atoms with Crippen molar-refractivity contribution in [3.05, 3.63) is 71.4 Å². The molecule has 0 spiro atoms. The van der Waals surface area contributed by atoms with Crippen molar-refractivity contribution in [2.75, 3.05) is 26.0 Å². The van der Waals surface area contributed by atoms with Gasteiger partial charge < -0.3 is 31.5 Å². The number of aryl methyl sites for hydroxylation is 3. The molecule has 0 unspecified atom stereocenters. The summed E-state index contributed by atoms with van der Waals surface area (Å²) in [7, 11) is 1.62. The first-order chi connectivity index (χ1) is 20.7. The third-order valence-corrected chi connectivity index (χ3v) is 7.51. The molecule has 3 aromatic heterocycles. The summed E-state index contributed by atoms with van der Waals surface area (Å²) in [6.07, 6.45) is 0. The van der Waals surface area contributed by atoms with E-state index in [0.717, 1.165) is 49.4 Å². The number of nitrogen functional groups attached to an aromatic ring is 1. The van der Waals surface area contributed by atoms with Crippen molar-refractivity contribution in [2.24, 2.45) is 5.73 Å². The van der Waals surface area contributed by atoms with Gasteiger partial charge in [0, 0.05) is 35.2 Å². The number of nitrogens with one attached hydrogen (secondary N) is 2. The van der Waals surface area contributed by atoms with Gasteiger partial charge in [0.15, 0.2) is 5.65 Å². The van der Waals surface area contributed by atoms with Gasteiger partial charge in [-0.05, 0) is 49.7 Å². The summed E-state index contributed by atoms with van der Waals surface area (Å²) < 4.78 is 12.8. The lowest BCUT2D eigenvalue weighted by atomic mass is 9.95. The molecule has 6 N–H and O–H groups in total. The number of urea groups is 1. The SMILES string of the molecule is COc1cc2c3c(-c4ccc(C(=O)NCCNC(N)=O)c5ccccc45)nc(C)nc3n(N)c2cc1-c1c(C)noc1C. The van der Waals surface area contributed by atoms with Crippen molar-refractivity contribution in [3.8, 4) is 28.1 Å². The molecule has 43 heavy (non-hydrogen) atoms. The van der Waals surface area contributed by atoms with Crippen molar-refractivity contribution >= 4 is 44.6 Å². The number of primary amides is 1. The molecule has 0 fully saturated rings. The van der Waals surface area contributed by atoms with E-state index in [4.69, 9.17) is 30.8 Å². The highest BCUT2D eigenvalue weighted by atomic mass is 16.5. The molecule has 12 nitrogen and oxygen atoms in total. The zero-order valence-corrected chi connectivity index (χ0v) is 24.1. The number of carbonyl (C=O) groups is 2. The van der Waals surface area contributed by atoms with Crippen molar-refractivity contribution in [3.63, 3.8) is 0 Å². The summed E-state index contributed by atoms with van der Waals surface area (Å²) >= 11 is 0. The van der Waals surface area contributed by atoms with Crippen LogP contribution in [0.4, 0.5) is 4.79 Å². The largest absolute Gasteiger partial charge is 0.496 e. The maximum Gasteiger partial charge on any atom is 0.312 e. The minimum Gasteiger partial charge on any atom is -0.496 e. The van der Waals surface area contributed by atoms with E-state index in [1.165, 1.54) is 0 Å². The highest BCUT2D eigenvalue weighted by molar-refractivity contribution is 6.18. The van der Waals surface area contributed by atoms with Crippen LogP contribution >= 0.6 is 0 Å². The molecule has 0 bridgehead atoms. The van der Waals surface area contributed by atoms with Crippen molar-refractivity contribution in [1.29, 1.82) is 0 Å². The summed E-state index contributed by atoms with van der Waals surface area (Å²) in [6.45, 7) is 6.02. The van der Waals surface area contributed by atoms with Crippen molar-refractivity contribution < 1.29 is 18.8 Å². The Balaban J connectivity index is 1.56. The summed E-state index contributed by atoms with van der Waals surface area (Å²) in [4.78, 5) is 33.7. The Morgan fingerprint density at radius 3 is 2.40 bits per heavy atom. The standard InChI is InChI=1S/C31H30N8O4/c1-15-26(16(2)43-38-15)23-13-24-22(14-25(23)42-4)27-28(36-17(3)37-29(27)39(24)33)20-9-10-21(19-8-6-5-7-18(19)20)30(40)34-11-12-35-31(32)41/h5-10,13-14H,11-12,33H2,1-4H3,(H,34,40)(H3,32,35,41). The van der Waals surface area contributed by atoms with Gasteiger partial charge in [0.05, 0.1) is 35.0 Å². The third kappa shape index (κ3) is 4.62. The zero-order valence-electron chi connectivity index (χ0n) is 24.1. The Hall–Kier alpha value is -5.65. The number of nitrogens with zero attached hydrogens (tertiary/aromatic N) is 4. The van der Waals surface area contributed by atoms with Crippen LogP contribution in [0.1, 0.15) is 27.6 Å². The molecule has 0 saturated carbocycles. The van der Waals surface area contributed by atoms with Crippen LogP contribution < -0.4 is 26.9 Å². The normalized spacial score (nSPS) is 11.3. The fraction of sp³-hybridized carbons (Fsp3) is 0.194. The third-order valence-electron chi connectivity index (χ3n) is 7.51. The average molecular weight is 579 g/mol. The number of aromatic nitrogens is 4. The molecule has 0 atom stereocenters. The van der Waals surface area contributed by atoms with Gasteiger partial charge in [-0.2, -0.15) is 0 Å². The highest BCUT2D eigenvalue weighted by Gasteiger charge is 2.24. The van der Waals surface area contributed by atoms with Crippen LogP contribution in [0.25, 0.3) is 55.1 Å². The van der Waals surface area contributed by atoms with E-state index in [-0.39, 0.29) is 19.0 Å². The Morgan fingerprint density at radius 2 is 1.70 bits per heavy atom. The maximum absolute atomic E-state index is 13.1. The second-order valence-electron chi connectivity index (χ2n) is 10.2. The average Bonchev–Trinajstić information content (AvgIpc) is 3.47. The van der Waals surface area contributed by atoms with Crippen LogP contribution in [0.3, 0.4) is 0 Å². The molecule has 0 aliphatic rings. The predicted molar refractivity (Wildman–Crippen MR) is 164 cm³/mol. The molecule has 3 amide bonds. The number of amides is 3.